The summed E-state index contributed by atoms with van der Waals surface area (Å²) in [6.45, 7) is 5.14. The molecule has 0 aromatic carbocycles. The molecule has 26 heavy (non-hydrogen) atoms. The molecule has 0 spiro atoms. The minimum atomic E-state index is -0.324. The zero-order valence-electron chi connectivity index (χ0n) is 15.0. The van der Waals surface area contributed by atoms with Crippen LogP contribution in [0.1, 0.15) is 43.5 Å². The van der Waals surface area contributed by atoms with Crippen LogP contribution < -0.4 is 5.32 Å². The number of aromatic nitrogens is 4. The zero-order chi connectivity index (χ0) is 18.1. The average molecular weight is 351 g/mol. The van der Waals surface area contributed by atoms with Crippen LogP contribution in [0.5, 0.6) is 0 Å². The third kappa shape index (κ3) is 3.19. The molecule has 0 saturated heterocycles. The van der Waals surface area contributed by atoms with Crippen molar-refractivity contribution in [1.29, 1.82) is 0 Å². The van der Waals surface area contributed by atoms with E-state index in [1.54, 1.807) is 22.9 Å². The van der Waals surface area contributed by atoms with Crippen molar-refractivity contribution in [2.75, 3.05) is 11.9 Å². The maximum atomic E-state index is 14.4. The third-order valence-electron chi connectivity index (χ3n) is 4.55. The first-order valence-electron chi connectivity index (χ1n) is 9.04. The monoisotopic (exact) mass is 351 g/mol. The highest BCUT2D eigenvalue weighted by atomic mass is 19.1. The highest BCUT2D eigenvalue weighted by Gasteiger charge is 2.18. The Bertz CT molecular complexity index is 973. The standard InChI is InChI=1S/C20H22FN5/c1-13(2)10-23-20-24-11-16-15(5-3-4-6-18(16)25-20)14-9-17(21)19-22-7-8-26(19)12-14/h5,7-9,11-13H,3-4,6,10H2,1-2H3,(H,23,24,25). The molecule has 3 aromatic heterocycles. The Hall–Kier alpha value is -2.76. The molecule has 0 aliphatic heterocycles. The number of aryl methyl sites for hydroxylation is 1. The van der Waals surface area contributed by atoms with Gasteiger partial charge in [0.25, 0.3) is 0 Å². The number of pyridine rings is 1. The zero-order valence-corrected chi connectivity index (χ0v) is 15.0. The Morgan fingerprint density at radius 2 is 2.19 bits per heavy atom. The van der Waals surface area contributed by atoms with Crippen LogP contribution in [0.2, 0.25) is 0 Å². The van der Waals surface area contributed by atoms with Crippen LogP contribution in [0.15, 0.2) is 36.9 Å². The summed E-state index contributed by atoms with van der Waals surface area (Å²) >= 11 is 0. The molecular formula is C20H22FN5. The van der Waals surface area contributed by atoms with Gasteiger partial charge in [-0.3, -0.25) is 0 Å². The Morgan fingerprint density at radius 1 is 1.31 bits per heavy atom. The molecule has 6 heteroatoms. The van der Waals surface area contributed by atoms with Crippen molar-refractivity contribution in [2.24, 2.45) is 5.92 Å². The van der Waals surface area contributed by atoms with Gasteiger partial charge in [0, 0.05) is 42.5 Å². The number of hydrogen-bond donors (Lipinski definition) is 1. The SMILES string of the molecule is CC(C)CNc1ncc2c(n1)CCCC=C2c1cc(F)c2nccn2c1. The molecule has 134 valence electrons. The van der Waals surface area contributed by atoms with E-state index in [2.05, 4.69) is 35.2 Å². The van der Waals surface area contributed by atoms with Gasteiger partial charge in [-0.25, -0.2) is 19.3 Å². The molecule has 0 bridgehead atoms. The van der Waals surface area contributed by atoms with Crippen molar-refractivity contribution < 1.29 is 4.39 Å². The summed E-state index contributed by atoms with van der Waals surface area (Å²) in [4.78, 5) is 13.2. The van der Waals surface area contributed by atoms with Crippen LogP contribution in [-0.2, 0) is 6.42 Å². The van der Waals surface area contributed by atoms with E-state index in [-0.39, 0.29) is 5.82 Å². The molecule has 1 aliphatic carbocycles. The summed E-state index contributed by atoms with van der Waals surface area (Å²) in [6, 6.07) is 1.55. The summed E-state index contributed by atoms with van der Waals surface area (Å²) in [5, 5.41) is 3.28. The van der Waals surface area contributed by atoms with E-state index in [0.717, 1.165) is 48.2 Å². The fourth-order valence-corrected chi connectivity index (χ4v) is 3.25. The fraction of sp³-hybridized carbons (Fsp3) is 0.350. The maximum absolute atomic E-state index is 14.4. The fourth-order valence-electron chi connectivity index (χ4n) is 3.25. The van der Waals surface area contributed by atoms with Crippen molar-refractivity contribution in [2.45, 2.75) is 33.1 Å². The molecule has 1 aliphatic rings. The first kappa shape index (κ1) is 16.7. The lowest BCUT2D eigenvalue weighted by Gasteiger charge is -2.13. The number of nitrogens with zero attached hydrogens (tertiary/aromatic N) is 4. The first-order chi connectivity index (χ1) is 12.6. The van der Waals surface area contributed by atoms with Crippen LogP contribution in [0.25, 0.3) is 11.2 Å². The van der Waals surface area contributed by atoms with Crippen LogP contribution >= 0.6 is 0 Å². The Labute approximate surface area is 152 Å². The van der Waals surface area contributed by atoms with E-state index in [9.17, 15) is 4.39 Å². The molecule has 0 amide bonds. The number of halogens is 1. The summed E-state index contributed by atoms with van der Waals surface area (Å²) in [6.07, 6.45) is 12.1. The van der Waals surface area contributed by atoms with Gasteiger partial charge in [-0.2, -0.15) is 0 Å². The molecule has 3 heterocycles. The summed E-state index contributed by atoms with van der Waals surface area (Å²) in [5.74, 6) is 0.864. The van der Waals surface area contributed by atoms with Gasteiger partial charge in [-0.1, -0.05) is 19.9 Å². The predicted octanol–water partition coefficient (Wildman–Crippen LogP) is 4.10. The number of imidazole rings is 1. The van der Waals surface area contributed by atoms with Crippen molar-refractivity contribution in [3.63, 3.8) is 0 Å². The molecule has 4 rings (SSSR count). The van der Waals surface area contributed by atoms with Crippen molar-refractivity contribution in [3.8, 4) is 0 Å². The number of fused-ring (bicyclic) bond motifs is 2. The molecule has 3 aromatic rings. The molecule has 0 radical (unpaired) electrons. The number of nitrogens with one attached hydrogen (secondary N) is 1. The Morgan fingerprint density at radius 3 is 3.04 bits per heavy atom. The predicted molar refractivity (Wildman–Crippen MR) is 101 cm³/mol. The molecule has 5 nitrogen and oxygen atoms in total. The number of anilines is 1. The number of allylic oxidation sites excluding steroid dienone is 1. The third-order valence-corrected chi connectivity index (χ3v) is 4.55. The second kappa shape index (κ2) is 6.86. The summed E-state index contributed by atoms with van der Waals surface area (Å²) < 4.78 is 16.1. The average Bonchev–Trinajstić information content (AvgIpc) is 3.00. The van der Waals surface area contributed by atoms with E-state index in [0.29, 0.717) is 17.5 Å². The molecular weight excluding hydrogens is 329 g/mol. The topological polar surface area (TPSA) is 55.1 Å². The normalized spacial score (nSPS) is 14.2. The van der Waals surface area contributed by atoms with Crippen molar-refractivity contribution >= 4 is 17.2 Å². The molecule has 0 atom stereocenters. The van der Waals surface area contributed by atoms with E-state index < -0.39 is 0 Å². The van der Waals surface area contributed by atoms with Gasteiger partial charge in [-0.05, 0) is 36.8 Å². The van der Waals surface area contributed by atoms with E-state index >= 15 is 0 Å². The molecule has 1 N–H and O–H groups in total. The van der Waals surface area contributed by atoms with Crippen molar-refractivity contribution in [1.82, 2.24) is 19.4 Å². The first-order valence-corrected chi connectivity index (χ1v) is 9.04. The van der Waals surface area contributed by atoms with Gasteiger partial charge >= 0.3 is 0 Å². The van der Waals surface area contributed by atoms with E-state index in [4.69, 9.17) is 4.98 Å². The second-order valence-corrected chi connectivity index (χ2v) is 7.07. The highest BCUT2D eigenvalue weighted by molar-refractivity contribution is 5.81. The van der Waals surface area contributed by atoms with Crippen LogP contribution in [0.3, 0.4) is 0 Å². The van der Waals surface area contributed by atoms with Gasteiger partial charge in [0.05, 0.1) is 5.69 Å². The van der Waals surface area contributed by atoms with Gasteiger partial charge in [-0.15, -0.1) is 0 Å². The molecule has 0 fully saturated rings. The minimum Gasteiger partial charge on any atom is -0.354 e. The number of hydrogen-bond acceptors (Lipinski definition) is 4. The lowest BCUT2D eigenvalue weighted by Crippen LogP contribution is -2.12. The minimum absolute atomic E-state index is 0.324. The number of rotatable bonds is 4. The molecule has 0 unspecified atom stereocenters. The van der Waals surface area contributed by atoms with E-state index in [1.807, 2.05) is 12.4 Å². The summed E-state index contributed by atoms with van der Waals surface area (Å²) in [7, 11) is 0. The van der Waals surface area contributed by atoms with Crippen LogP contribution in [0, 0.1) is 11.7 Å². The van der Waals surface area contributed by atoms with Gasteiger partial charge in [0.1, 0.15) is 0 Å². The van der Waals surface area contributed by atoms with Crippen molar-refractivity contribution in [3.05, 3.63) is 59.6 Å². The molecule has 0 saturated carbocycles. The van der Waals surface area contributed by atoms with Gasteiger partial charge in [0.2, 0.25) is 5.95 Å². The van der Waals surface area contributed by atoms with E-state index in [1.165, 1.54) is 0 Å². The van der Waals surface area contributed by atoms with Gasteiger partial charge in [0.15, 0.2) is 11.5 Å². The van der Waals surface area contributed by atoms with Crippen LogP contribution in [-0.4, -0.2) is 25.9 Å². The van der Waals surface area contributed by atoms with Gasteiger partial charge < -0.3 is 9.72 Å². The highest BCUT2D eigenvalue weighted by Crippen LogP contribution is 2.31. The maximum Gasteiger partial charge on any atom is 0.222 e. The Balaban J connectivity index is 1.74. The summed E-state index contributed by atoms with van der Waals surface area (Å²) in [5.41, 5.74) is 4.15. The lowest BCUT2D eigenvalue weighted by molar-refractivity contribution is 0.629. The lowest BCUT2D eigenvalue weighted by atomic mass is 9.99. The quantitative estimate of drug-likeness (QED) is 0.769. The smallest absolute Gasteiger partial charge is 0.222 e. The Kier molecular flexibility index (Phi) is 4.41. The second-order valence-electron chi connectivity index (χ2n) is 7.07. The largest absolute Gasteiger partial charge is 0.354 e. The van der Waals surface area contributed by atoms with Crippen LogP contribution in [0.4, 0.5) is 10.3 Å².